The number of hydrogen-bond donors (Lipinski definition) is 2. The summed E-state index contributed by atoms with van der Waals surface area (Å²) in [6.45, 7) is 0.432. The molecule has 0 radical (unpaired) electrons. The molecule has 0 unspecified atom stereocenters. The standard InChI is InChI=1S/C14H10FNO2/c15-9-4-8(5-10(17)6-9)11-2-1-3-12-13(11)7-16-14(12)18/h1-6,17H,7H2,(H,16,18). The van der Waals surface area contributed by atoms with E-state index in [1.807, 2.05) is 6.07 Å². The second kappa shape index (κ2) is 3.84. The Morgan fingerprint density at radius 3 is 2.72 bits per heavy atom. The molecule has 90 valence electrons. The molecule has 0 aromatic heterocycles. The third-order valence-corrected chi connectivity index (χ3v) is 3.04. The molecule has 3 rings (SSSR count). The summed E-state index contributed by atoms with van der Waals surface area (Å²) in [7, 11) is 0. The molecule has 0 fully saturated rings. The molecule has 1 aliphatic rings. The molecule has 0 aliphatic carbocycles. The number of aromatic hydroxyl groups is 1. The predicted molar refractivity (Wildman–Crippen MR) is 64.7 cm³/mol. The SMILES string of the molecule is O=C1NCc2c1cccc2-c1cc(O)cc(F)c1. The molecule has 18 heavy (non-hydrogen) atoms. The normalized spacial score (nSPS) is 13.3. The molecular weight excluding hydrogens is 233 g/mol. The van der Waals surface area contributed by atoms with E-state index >= 15 is 0 Å². The molecule has 0 bridgehead atoms. The van der Waals surface area contributed by atoms with Crippen LogP contribution in [0.15, 0.2) is 36.4 Å². The van der Waals surface area contributed by atoms with Crippen LogP contribution in [0.5, 0.6) is 5.75 Å². The molecule has 1 amide bonds. The van der Waals surface area contributed by atoms with E-state index in [1.165, 1.54) is 12.1 Å². The highest BCUT2D eigenvalue weighted by Crippen LogP contribution is 2.31. The number of carbonyl (C=O) groups excluding carboxylic acids is 1. The van der Waals surface area contributed by atoms with Gasteiger partial charge in [-0.05, 0) is 34.9 Å². The highest BCUT2D eigenvalue weighted by atomic mass is 19.1. The molecule has 4 heteroatoms. The highest BCUT2D eigenvalue weighted by molar-refractivity contribution is 6.00. The van der Waals surface area contributed by atoms with Gasteiger partial charge < -0.3 is 10.4 Å². The topological polar surface area (TPSA) is 49.3 Å². The summed E-state index contributed by atoms with van der Waals surface area (Å²) in [5.41, 5.74) is 2.78. The number of phenolic OH excluding ortho intramolecular Hbond substituents is 1. The minimum atomic E-state index is -0.500. The molecule has 2 aromatic rings. The maximum Gasteiger partial charge on any atom is 0.251 e. The first kappa shape index (κ1) is 10.8. The lowest BCUT2D eigenvalue weighted by Gasteiger charge is -2.07. The number of benzene rings is 2. The number of hydrogen-bond acceptors (Lipinski definition) is 2. The fourth-order valence-corrected chi connectivity index (χ4v) is 2.25. The van der Waals surface area contributed by atoms with Crippen LogP contribution in [0.1, 0.15) is 15.9 Å². The highest BCUT2D eigenvalue weighted by Gasteiger charge is 2.21. The third kappa shape index (κ3) is 1.62. The zero-order valence-electron chi connectivity index (χ0n) is 9.40. The summed E-state index contributed by atoms with van der Waals surface area (Å²) in [5, 5.41) is 12.2. The van der Waals surface area contributed by atoms with Crippen molar-refractivity contribution in [2.24, 2.45) is 0 Å². The second-order valence-corrected chi connectivity index (χ2v) is 4.21. The van der Waals surface area contributed by atoms with E-state index in [2.05, 4.69) is 5.32 Å². The smallest absolute Gasteiger partial charge is 0.251 e. The van der Waals surface area contributed by atoms with E-state index in [0.29, 0.717) is 17.7 Å². The van der Waals surface area contributed by atoms with Gasteiger partial charge in [-0.15, -0.1) is 0 Å². The van der Waals surface area contributed by atoms with Gasteiger partial charge in [0.05, 0.1) is 0 Å². The van der Waals surface area contributed by atoms with Crippen LogP contribution in [0.4, 0.5) is 4.39 Å². The lowest BCUT2D eigenvalue weighted by Crippen LogP contribution is -2.12. The van der Waals surface area contributed by atoms with Crippen molar-refractivity contribution < 1.29 is 14.3 Å². The van der Waals surface area contributed by atoms with Crippen molar-refractivity contribution in [2.45, 2.75) is 6.54 Å². The molecular formula is C14H10FNO2. The monoisotopic (exact) mass is 243 g/mol. The van der Waals surface area contributed by atoms with Crippen LogP contribution in [0.25, 0.3) is 11.1 Å². The van der Waals surface area contributed by atoms with Crippen molar-refractivity contribution in [3.63, 3.8) is 0 Å². The molecule has 2 N–H and O–H groups in total. The predicted octanol–water partition coefficient (Wildman–Crippen LogP) is 2.44. The van der Waals surface area contributed by atoms with Crippen molar-refractivity contribution in [3.8, 4) is 16.9 Å². The fourth-order valence-electron chi connectivity index (χ4n) is 2.25. The van der Waals surface area contributed by atoms with Crippen LogP contribution in [0.3, 0.4) is 0 Å². The number of nitrogens with one attached hydrogen (secondary N) is 1. The zero-order valence-corrected chi connectivity index (χ0v) is 9.40. The number of rotatable bonds is 1. The molecule has 0 saturated carbocycles. The Bertz CT molecular complexity index is 632. The first-order valence-corrected chi connectivity index (χ1v) is 5.55. The summed E-state index contributed by atoms with van der Waals surface area (Å²) >= 11 is 0. The Balaban J connectivity index is 2.21. The summed E-state index contributed by atoms with van der Waals surface area (Å²) in [4.78, 5) is 11.5. The van der Waals surface area contributed by atoms with Crippen molar-refractivity contribution in [1.29, 1.82) is 0 Å². The Labute approximate surface area is 103 Å². The summed E-state index contributed by atoms with van der Waals surface area (Å²) in [6, 6.07) is 9.18. The summed E-state index contributed by atoms with van der Waals surface area (Å²) in [5.74, 6) is -0.743. The first-order chi connectivity index (χ1) is 8.65. The largest absolute Gasteiger partial charge is 0.508 e. The Morgan fingerprint density at radius 2 is 1.94 bits per heavy atom. The minimum absolute atomic E-state index is 0.118. The lowest BCUT2D eigenvalue weighted by atomic mass is 9.97. The molecule has 0 atom stereocenters. The Hall–Kier alpha value is -2.36. The quantitative estimate of drug-likeness (QED) is 0.808. The van der Waals surface area contributed by atoms with Crippen LogP contribution >= 0.6 is 0 Å². The van der Waals surface area contributed by atoms with E-state index in [-0.39, 0.29) is 11.7 Å². The van der Waals surface area contributed by atoms with Crippen LogP contribution in [-0.4, -0.2) is 11.0 Å². The third-order valence-electron chi connectivity index (χ3n) is 3.04. The number of amides is 1. The fraction of sp³-hybridized carbons (Fsp3) is 0.0714. The average Bonchev–Trinajstić information content (AvgIpc) is 2.70. The zero-order chi connectivity index (χ0) is 12.7. The van der Waals surface area contributed by atoms with Gasteiger partial charge in [-0.3, -0.25) is 4.79 Å². The molecule has 0 spiro atoms. The summed E-state index contributed by atoms with van der Waals surface area (Å²) in [6.07, 6.45) is 0. The van der Waals surface area contributed by atoms with Crippen LogP contribution < -0.4 is 5.32 Å². The second-order valence-electron chi connectivity index (χ2n) is 4.21. The lowest BCUT2D eigenvalue weighted by molar-refractivity contribution is 0.0966. The van der Waals surface area contributed by atoms with Gasteiger partial charge in [0.15, 0.2) is 0 Å². The minimum Gasteiger partial charge on any atom is -0.508 e. The maximum atomic E-state index is 13.3. The van der Waals surface area contributed by atoms with Crippen molar-refractivity contribution in [1.82, 2.24) is 5.32 Å². The van der Waals surface area contributed by atoms with Gasteiger partial charge >= 0.3 is 0 Å². The van der Waals surface area contributed by atoms with E-state index in [0.717, 1.165) is 17.2 Å². The molecule has 2 aromatic carbocycles. The number of halogens is 1. The number of carbonyl (C=O) groups is 1. The van der Waals surface area contributed by atoms with Gasteiger partial charge in [-0.2, -0.15) is 0 Å². The number of phenols is 1. The number of fused-ring (bicyclic) bond motifs is 1. The maximum absolute atomic E-state index is 13.3. The van der Waals surface area contributed by atoms with E-state index in [4.69, 9.17) is 0 Å². The van der Waals surface area contributed by atoms with E-state index in [1.54, 1.807) is 12.1 Å². The molecule has 0 saturated heterocycles. The average molecular weight is 243 g/mol. The van der Waals surface area contributed by atoms with Gasteiger partial charge in [0.1, 0.15) is 11.6 Å². The van der Waals surface area contributed by atoms with Gasteiger partial charge in [0.2, 0.25) is 0 Å². The van der Waals surface area contributed by atoms with Gasteiger partial charge in [-0.25, -0.2) is 4.39 Å². The van der Waals surface area contributed by atoms with E-state index in [9.17, 15) is 14.3 Å². The Morgan fingerprint density at radius 1 is 1.17 bits per heavy atom. The Kier molecular flexibility index (Phi) is 2.30. The van der Waals surface area contributed by atoms with Gasteiger partial charge in [-0.1, -0.05) is 12.1 Å². The van der Waals surface area contributed by atoms with E-state index < -0.39 is 5.82 Å². The molecule has 1 aliphatic heterocycles. The van der Waals surface area contributed by atoms with Crippen molar-refractivity contribution in [2.75, 3.05) is 0 Å². The molecule has 1 heterocycles. The van der Waals surface area contributed by atoms with Crippen molar-refractivity contribution in [3.05, 3.63) is 53.3 Å². The van der Waals surface area contributed by atoms with Crippen molar-refractivity contribution >= 4 is 5.91 Å². The first-order valence-electron chi connectivity index (χ1n) is 5.55. The van der Waals surface area contributed by atoms with Crippen LogP contribution in [0.2, 0.25) is 0 Å². The van der Waals surface area contributed by atoms with Gasteiger partial charge in [0.25, 0.3) is 5.91 Å². The summed E-state index contributed by atoms with van der Waals surface area (Å²) < 4.78 is 13.3. The van der Waals surface area contributed by atoms with Gasteiger partial charge in [0, 0.05) is 18.2 Å². The van der Waals surface area contributed by atoms with Crippen LogP contribution in [-0.2, 0) is 6.54 Å². The van der Waals surface area contributed by atoms with Crippen LogP contribution in [0, 0.1) is 5.82 Å². The molecule has 3 nitrogen and oxygen atoms in total.